The number of amides is 1. The van der Waals surface area contributed by atoms with Crippen molar-refractivity contribution in [3.8, 4) is 0 Å². The lowest BCUT2D eigenvalue weighted by Gasteiger charge is -2.39. The Morgan fingerprint density at radius 2 is 1.88 bits per heavy atom. The number of nitrogens with one attached hydrogen (secondary N) is 1. The van der Waals surface area contributed by atoms with Crippen molar-refractivity contribution in [3.05, 3.63) is 65.7 Å². The third kappa shape index (κ3) is 4.41. The summed E-state index contributed by atoms with van der Waals surface area (Å²) in [5, 5.41) is 2.64. The number of likely N-dealkylation sites (N-methyl/N-ethyl adjacent to an activating group) is 1. The highest BCUT2D eigenvalue weighted by Crippen LogP contribution is 2.24. The van der Waals surface area contributed by atoms with Gasteiger partial charge in [0.05, 0.1) is 6.54 Å². The SMILES string of the molecule is CN1CCN(CC(=O)Nc2ccc(F)c(F)c2)C(c2ccccc2)C1. The van der Waals surface area contributed by atoms with Crippen LogP contribution in [0.2, 0.25) is 0 Å². The van der Waals surface area contributed by atoms with Gasteiger partial charge in [-0.25, -0.2) is 8.78 Å². The Hall–Kier alpha value is -2.31. The first kappa shape index (κ1) is 17.5. The third-order valence-corrected chi connectivity index (χ3v) is 4.43. The summed E-state index contributed by atoms with van der Waals surface area (Å²) in [6.07, 6.45) is 0. The van der Waals surface area contributed by atoms with Gasteiger partial charge in [0.15, 0.2) is 11.6 Å². The predicted molar refractivity (Wildman–Crippen MR) is 93.2 cm³/mol. The second-order valence-electron chi connectivity index (χ2n) is 6.34. The Kier molecular flexibility index (Phi) is 5.40. The molecule has 25 heavy (non-hydrogen) atoms. The zero-order valence-corrected chi connectivity index (χ0v) is 14.1. The number of hydrogen-bond acceptors (Lipinski definition) is 3. The average molecular weight is 345 g/mol. The molecule has 1 saturated heterocycles. The van der Waals surface area contributed by atoms with Crippen LogP contribution in [0.1, 0.15) is 11.6 Å². The number of piperazine rings is 1. The third-order valence-electron chi connectivity index (χ3n) is 4.43. The molecule has 1 heterocycles. The van der Waals surface area contributed by atoms with E-state index in [1.165, 1.54) is 6.07 Å². The summed E-state index contributed by atoms with van der Waals surface area (Å²) in [7, 11) is 2.06. The van der Waals surface area contributed by atoms with Gasteiger partial charge in [0.1, 0.15) is 0 Å². The first-order valence-electron chi connectivity index (χ1n) is 8.25. The molecule has 0 saturated carbocycles. The van der Waals surface area contributed by atoms with Crippen LogP contribution in [0.25, 0.3) is 0 Å². The zero-order chi connectivity index (χ0) is 17.8. The normalized spacial score (nSPS) is 18.9. The molecule has 0 spiro atoms. The molecule has 132 valence electrons. The second-order valence-corrected chi connectivity index (χ2v) is 6.34. The van der Waals surface area contributed by atoms with Crippen molar-refractivity contribution in [2.45, 2.75) is 6.04 Å². The molecule has 3 rings (SSSR count). The van der Waals surface area contributed by atoms with Crippen LogP contribution in [0.4, 0.5) is 14.5 Å². The average Bonchev–Trinajstić information content (AvgIpc) is 2.60. The molecule has 1 unspecified atom stereocenters. The number of rotatable bonds is 4. The van der Waals surface area contributed by atoms with Gasteiger partial charge in [0.25, 0.3) is 0 Å². The number of benzene rings is 2. The minimum Gasteiger partial charge on any atom is -0.325 e. The molecule has 1 N–H and O–H groups in total. The van der Waals surface area contributed by atoms with Crippen molar-refractivity contribution in [1.82, 2.24) is 9.80 Å². The molecular weight excluding hydrogens is 324 g/mol. The lowest BCUT2D eigenvalue weighted by Crippen LogP contribution is -2.49. The molecule has 1 atom stereocenters. The summed E-state index contributed by atoms with van der Waals surface area (Å²) in [4.78, 5) is 16.7. The molecule has 2 aromatic rings. The molecular formula is C19H21F2N3O. The maximum Gasteiger partial charge on any atom is 0.238 e. The molecule has 1 aliphatic rings. The van der Waals surface area contributed by atoms with Crippen LogP contribution in [0.5, 0.6) is 0 Å². The van der Waals surface area contributed by atoms with Gasteiger partial charge in [0.2, 0.25) is 5.91 Å². The maximum atomic E-state index is 13.3. The Labute approximate surface area is 146 Å². The van der Waals surface area contributed by atoms with E-state index in [1.54, 1.807) is 0 Å². The first-order valence-corrected chi connectivity index (χ1v) is 8.25. The van der Waals surface area contributed by atoms with E-state index in [2.05, 4.69) is 34.3 Å². The van der Waals surface area contributed by atoms with E-state index in [4.69, 9.17) is 0 Å². The fourth-order valence-corrected chi connectivity index (χ4v) is 3.10. The van der Waals surface area contributed by atoms with Crippen LogP contribution in [0.3, 0.4) is 0 Å². The number of hydrogen-bond donors (Lipinski definition) is 1. The predicted octanol–water partition coefficient (Wildman–Crippen LogP) is 2.89. The van der Waals surface area contributed by atoms with E-state index >= 15 is 0 Å². The van der Waals surface area contributed by atoms with Crippen LogP contribution in [-0.4, -0.2) is 48.9 Å². The van der Waals surface area contributed by atoms with Crippen molar-refractivity contribution < 1.29 is 13.6 Å². The molecule has 0 bridgehead atoms. The summed E-state index contributed by atoms with van der Waals surface area (Å²) in [6.45, 7) is 2.68. The summed E-state index contributed by atoms with van der Waals surface area (Å²) in [5.74, 6) is -2.14. The number of nitrogens with zero attached hydrogens (tertiary/aromatic N) is 2. The van der Waals surface area contributed by atoms with Gasteiger partial charge in [-0.3, -0.25) is 9.69 Å². The van der Waals surface area contributed by atoms with Crippen molar-refractivity contribution in [3.63, 3.8) is 0 Å². The molecule has 0 radical (unpaired) electrons. The van der Waals surface area contributed by atoms with E-state index in [9.17, 15) is 13.6 Å². The Balaban J connectivity index is 1.68. The number of carbonyl (C=O) groups excluding carboxylic acids is 1. The molecule has 6 heteroatoms. The first-order chi connectivity index (χ1) is 12.0. The van der Waals surface area contributed by atoms with Crippen molar-refractivity contribution in [2.24, 2.45) is 0 Å². The summed E-state index contributed by atoms with van der Waals surface area (Å²) in [6, 6.07) is 13.5. The van der Waals surface area contributed by atoms with Gasteiger partial charge < -0.3 is 10.2 Å². The minimum atomic E-state index is -0.973. The van der Waals surface area contributed by atoms with Gasteiger partial charge >= 0.3 is 0 Å². The highest BCUT2D eigenvalue weighted by atomic mass is 19.2. The molecule has 1 fully saturated rings. The van der Waals surface area contributed by atoms with Gasteiger partial charge in [-0.15, -0.1) is 0 Å². The zero-order valence-electron chi connectivity index (χ0n) is 14.1. The van der Waals surface area contributed by atoms with E-state index in [0.29, 0.717) is 0 Å². The van der Waals surface area contributed by atoms with E-state index in [-0.39, 0.29) is 24.2 Å². The van der Waals surface area contributed by atoms with Crippen molar-refractivity contribution >= 4 is 11.6 Å². The van der Waals surface area contributed by atoms with Gasteiger partial charge in [0, 0.05) is 37.4 Å². The van der Waals surface area contributed by atoms with Crippen LogP contribution in [0, 0.1) is 11.6 Å². The lowest BCUT2D eigenvalue weighted by molar-refractivity contribution is -0.118. The van der Waals surface area contributed by atoms with E-state index in [0.717, 1.165) is 37.3 Å². The number of anilines is 1. The maximum absolute atomic E-state index is 13.3. The molecule has 0 aliphatic carbocycles. The van der Waals surface area contributed by atoms with Crippen LogP contribution >= 0.6 is 0 Å². The number of halogens is 2. The highest BCUT2D eigenvalue weighted by molar-refractivity contribution is 5.92. The van der Waals surface area contributed by atoms with Gasteiger partial charge in [-0.05, 0) is 24.7 Å². The molecule has 1 aliphatic heterocycles. The smallest absolute Gasteiger partial charge is 0.238 e. The van der Waals surface area contributed by atoms with Crippen LogP contribution < -0.4 is 5.32 Å². The Morgan fingerprint density at radius 3 is 2.60 bits per heavy atom. The monoisotopic (exact) mass is 345 g/mol. The molecule has 0 aromatic heterocycles. The summed E-state index contributed by atoms with van der Waals surface area (Å²) >= 11 is 0. The Bertz CT molecular complexity index is 739. The number of carbonyl (C=O) groups is 1. The highest BCUT2D eigenvalue weighted by Gasteiger charge is 2.28. The topological polar surface area (TPSA) is 35.6 Å². The van der Waals surface area contributed by atoms with Crippen molar-refractivity contribution in [1.29, 1.82) is 0 Å². The lowest BCUT2D eigenvalue weighted by atomic mass is 10.0. The fourth-order valence-electron chi connectivity index (χ4n) is 3.10. The standard InChI is InChI=1S/C19H21F2N3O/c1-23-9-10-24(18(12-23)14-5-3-2-4-6-14)13-19(25)22-15-7-8-16(20)17(21)11-15/h2-8,11,18H,9-10,12-13H2,1H3,(H,22,25). The second kappa shape index (κ2) is 7.72. The molecule has 1 amide bonds. The summed E-state index contributed by atoms with van der Waals surface area (Å²) < 4.78 is 26.3. The largest absolute Gasteiger partial charge is 0.325 e. The molecule has 4 nitrogen and oxygen atoms in total. The van der Waals surface area contributed by atoms with Crippen LogP contribution in [-0.2, 0) is 4.79 Å². The van der Waals surface area contributed by atoms with Gasteiger partial charge in [-0.2, -0.15) is 0 Å². The summed E-state index contributed by atoms with van der Waals surface area (Å²) in [5.41, 5.74) is 1.42. The van der Waals surface area contributed by atoms with E-state index < -0.39 is 11.6 Å². The van der Waals surface area contributed by atoms with Crippen LogP contribution in [0.15, 0.2) is 48.5 Å². The fraction of sp³-hybridized carbons (Fsp3) is 0.316. The van der Waals surface area contributed by atoms with Gasteiger partial charge in [-0.1, -0.05) is 30.3 Å². The Morgan fingerprint density at radius 1 is 1.12 bits per heavy atom. The van der Waals surface area contributed by atoms with E-state index in [1.807, 2.05) is 18.2 Å². The molecule has 2 aromatic carbocycles. The minimum absolute atomic E-state index is 0.121. The quantitative estimate of drug-likeness (QED) is 0.926. The van der Waals surface area contributed by atoms with Crippen molar-refractivity contribution in [2.75, 3.05) is 38.5 Å².